The summed E-state index contributed by atoms with van der Waals surface area (Å²) in [4.78, 5) is 19.0. The van der Waals surface area contributed by atoms with E-state index in [0.717, 1.165) is 6.42 Å². The second-order valence-electron chi connectivity index (χ2n) is 4.29. The second-order valence-corrected chi connectivity index (χ2v) is 4.29. The third-order valence-corrected chi connectivity index (χ3v) is 3.23. The fraction of sp³-hybridized carbons (Fsp3) is 0.154. The number of benzene rings is 1. The molecule has 0 saturated heterocycles. The first-order chi connectivity index (χ1) is 8.66. The van der Waals surface area contributed by atoms with Crippen LogP contribution in [0.5, 0.6) is 0 Å². The number of carbonyl (C=O) groups is 1. The summed E-state index contributed by atoms with van der Waals surface area (Å²) in [6.45, 7) is 0. The molecule has 90 valence electrons. The van der Waals surface area contributed by atoms with E-state index in [4.69, 9.17) is 10.8 Å². The van der Waals surface area contributed by atoms with Gasteiger partial charge in [0, 0.05) is 12.1 Å². The van der Waals surface area contributed by atoms with Crippen LogP contribution in [0, 0.1) is 0 Å². The van der Waals surface area contributed by atoms with E-state index in [9.17, 15) is 4.79 Å². The van der Waals surface area contributed by atoms with E-state index in [-0.39, 0.29) is 17.3 Å². The molecule has 0 radical (unpaired) electrons. The molecule has 1 unspecified atom stereocenters. The molecular weight excluding hydrogens is 230 g/mol. The first-order valence-corrected chi connectivity index (χ1v) is 5.60. The zero-order chi connectivity index (χ0) is 12.7. The lowest BCUT2D eigenvalue weighted by Gasteiger charge is -2.28. The van der Waals surface area contributed by atoms with E-state index in [1.807, 2.05) is 18.2 Å². The predicted molar refractivity (Wildman–Crippen MR) is 65.4 cm³/mol. The Hall–Kier alpha value is -2.43. The molecule has 3 N–H and O–H groups in total. The molecule has 1 atom stereocenters. The van der Waals surface area contributed by atoms with Gasteiger partial charge in [0.05, 0.1) is 0 Å². The van der Waals surface area contributed by atoms with Crippen LogP contribution >= 0.6 is 0 Å². The number of anilines is 1. The average Bonchev–Trinajstić information content (AvgIpc) is 2.30. The highest BCUT2D eigenvalue weighted by Gasteiger charge is 2.29. The zero-order valence-corrected chi connectivity index (χ0v) is 9.50. The Bertz CT molecular complexity index is 640. The number of aromatic nitrogens is 2. The van der Waals surface area contributed by atoms with Gasteiger partial charge < -0.3 is 10.8 Å². The summed E-state index contributed by atoms with van der Waals surface area (Å²) in [7, 11) is 0. The first-order valence-electron chi connectivity index (χ1n) is 5.60. The van der Waals surface area contributed by atoms with Crippen LogP contribution in [0.4, 0.5) is 5.82 Å². The van der Waals surface area contributed by atoms with Gasteiger partial charge in [-0.2, -0.15) is 0 Å². The summed E-state index contributed by atoms with van der Waals surface area (Å²) in [5, 5.41) is 8.86. The van der Waals surface area contributed by atoms with Crippen molar-refractivity contribution in [2.24, 2.45) is 0 Å². The number of carboxylic acid groups (broad SMARTS) is 1. The van der Waals surface area contributed by atoms with Crippen LogP contribution < -0.4 is 5.73 Å². The molecule has 0 aliphatic heterocycles. The molecule has 0 bridgehead atoms. The van der Waals surface area contributed by atoms with Crippen molar-refractivity contribution in [2.45, 2.75) is 12.3 Å². The van der Waals surface area contributed by atoms with E-state index in [0.29, 0.717) is 5.82 Å². The standard InChI is InChI=1S/C13H11N3O2/c14-11-10(13(17)18)6-15-12(16-11)9-5-7-3-1-2-4-8(7)9/h1-4,6,9H,5H2,(H,17,18)(H2,14,15,16). The molecular formula is C13H11N3O2. The molecule has 1 heterocycles. The topological polar surface area (TPSA) is 89.1 Å². The van der Waals surface area contributed by atoms with Gasteiger partial charge in [-0.05, 0) is 17.5 Å². The van der Waals surface area contributed by atoms with Crippen LogP contribution in [0.2, 0.25) is 0 Å². The summed E-state index contributed by atoms with van der Waals surface area (Å²) < 4.78 is 0. The minimum absolute atomic E-state index is 0.0249. The lowest BCUT2D eigenvalue weighted by molar-refractivity contribution is 0.0697. The molecule has 5 heteroatoms. The monoisotopic (exact) mass is 241 g/mol. The highest BCUT2D eigenvalue weighted by molar-refractivity contribution is 5.92. The lowest BCUT2D eigenvalue weighted by Crippen LogP contribution is -2.21. The van der Waals surface area contributed by atoms with Crippen LogP contribution in [0.15, 0.2) is 30.5 Å². The molecule has 0 fully saturated rings. The normalized spacial score (nSPS) is 16.8. The smallest absolute Gasteiger partial charge is 0.341 e. The number of nitrogens with two attached hydrogens (primary N) is 1. The Morgan fingerprint density at radius 2 is 2.17 bits per heavy atom. The van der Waals surface area contributed by atoms with Crippen molar-refractivity contribution < 1.29 is 9.90 Å². The molecule has 1 aromatic carbocycles. The van der Waals surface area contributed by atoms with Crippen molar-refractivity contribution in [1.82, 2.24) is 9.97 Å². The summed E-state index contributed by atoms with van der Waals surface area (Å²) >= 11 is 0. The molecule has 1 aliphatic carbocycles. The van der Waals surface area contributed by atoms with E-state index in [1.165, 1.54) is 17.3 Å². The van der Waals surface area contributed by atoms with Gasteiger partial charge in [-0.1, -0.05) is 24.3 Å². The molecule has 5 nitrogen and oxygen atoms in total. The molecule has 1 aliphatic rings. The predicted octanol–water partition coefficient (Wildman–Crippen LogP) is 1.45. The number of fused-ring (bicyclic) bond motifs is 1. The van der Waals surface area contributed by atoms with Crippen LogP contribution in [0.3, 0.4) is 0 Å². The van der Waals surface area contributed by atoms with E-state index in [2.05, 4.69) is 16.0 Å². The van der Waals surface area contributed by atoms with Crippen molar-refractivity contribution in [3.05, 3.63) is 53.0 Å². The fourth-order valence-corrected chi connectivity index (χ4v) is 2.23. The Labute approximate surface area is 103 Å². The van der Waals surface area contributed by atoms with Crippen molar-refractivity contribution >= 4 is 11.8 Å². The molecule has 0 saturated carbocycles. The van der Waals surface area contributed by atoms with Gasteiger partial charge in [0.2, 0.25) is 0 Å². The lowest BCUT2D eigenvalue weighted by atomic mass is 9.77. The number of carboxylic acids is 1. The Morgan fingerprint density at radius 1 is 1.39 bits per heavy atom. The van der Waals surface area contributed by atoms with Gasteiger partial charge in [0.25, 0.3) is 0 Å². The second kappa shape index (κ2) is 3.80. The van der Waals surface area contributed by atoms with Crippen LogP contribution in [0.1, 0.15) is 33.2 Å². The maximum atomic E-state index is 10.8. The molecule has 2 aromatic rings. The SMILES string of the molecule is Nc1nc(C2Cc3ccccc32)ncc1C(=O)O. The van der Waals surface area contributed by atoms with Crippen LogP contribution in [-0.2, 0) is 6.42 Å². The van der Waals surface area contributed by atoms with Gasteiger partial charge >= 0.3 is 5.97 Å². The number of nitrogens with zero attached hydrogens (tertiary/aromatic N) is 2. The van der Waals surface area contributed by atoms with Gasteiger partial charge in [-0.25, -0.2) is 14.8 Å². The number of hydrogen-bond donors (Lipinski definition) is 2. The number of hydrogen-bond acceptors (Lipinski definition) is 4. The van der Waals surface area contributed by atoms with Crippen molar-refractivity contribution in [2.75, 3.05) is 5.73 Å². The summed E-state index contributed by atoms with van der Waals surface area (Å²) in [5.41, 5.74) is 8.06. The van der Waals surface area contributed by atoms with Gasteiger partial charge in [0.15, 0.2) is 0 Å². The summed E-state index contributed by atoms with van der Waals surface area (Å²) in [6.07, 6.45) is 2.16. The van der Waals surface area contributed by atoms with Crippen LogP contribution in [0.25, 0.3) is 0 Å². The molecule has 3 rings (SSSR count). The van der Waals surface area contributed by atoms with Gasteiger partial charge in [-0.3, -0.25) is 0 Å². The number of aromatic carboxylic acids is 1. The van der Waals surface area contributed by atoms with Crippen molar-refractivity contribution in [3.63, 3.8) is 0 Å². The Balaban J connectivity index is 1.97. The van der Waals surface area contributed by atoms with Crippen LogP contribution in [-0.4, -0.2) is 21.0 Å². The number of nitrogen functional groups attached to an aromatic ring is 1. The summed E-state index contributed by atoms with van der Waals surface area (Å²) in [6, 6.07) is 8.08. The fourth-order valence-electron chi connectivity index (χ4n) is 2.23. The molecule has 0 spiro atoms. The Kier molecular flexibility index (Phi) is 2.26. The average molecular weight is 241 g/mol. The third kappa shape index (κ3) is 1.52. The minimum Gasteiger partial charge on any atom is -0.477 e. The largest absolute Gasteiger partial charge is 0.477 e. The van der Waals surface area contributed by atoms with E-state index < -0.39 is 5.97 Å². The number of rotatable bonds is 2. The highest BCUT2D eigenvalue weighted by atomic mass is 16.4. The maximum Gasteiger partial charge on any atom is 0.341 e. The third-order valence-electron chi connectivity index (χ3n) is 3.23. The van der Waals surface area contributed by atoms with Crippen molar-refractivity contribution in [3.8, 4) is 0 Å². The van der Waals surface area contributed by atoms with Gasteiger partial charge in [-0.15, -0.1) is 0 Å². The van der Waals surface area contributed by atoms with Gasteiger partial charge in [0.1, 0.15) is 17.2 Å². The highest BCUT2D eigenvalue weighted by Crippen LogP contribution is 2.38. The molecule has 18 heavy (non-hydrogen) atoms. The van der Waals surface area contributed by atoms with E-state index in [1.54, 1.807) is 0 Å². The Morgan fingerprint density at radius 3 is 2.83 bits per heavy atom. The quantitative estimate of drug-likeness (QED) is 0.830. The minimum atomic E-state index is -1.10. The zero-order valence-electron chi connectivity index (χ0n) is 9.50. The van der Waals surface area contributed by atoms with E-state index >= 15 is 0 Å². The summed E-state index contributed by atoms with van der Waals surface area (Å²) in [5.74, 6) is -0.354. The maximum absolute atomic E-state index is 10.8. The van der Waals surface area contributed by atoms with Crippen molar-refractivity contribution in [1.29, 1.82) is 0 Å². The molecule has 1 aromatic heterocycles. The first kappa shape index (κ1) is 10.7. The molecule has 0 amide bonds.